The Morgan fingerprint density at radius 2 is 1.86 bits per heavy atom. The molecule has 0 unspecified atom stereocenters. The number of nitriles is 1. The number of hydrogen-bond acceptors (Lipinski definition) is 5. The van der Waals surface area contributed by atoms with Crippen LogP contribution >= 0.6 is 0 Å². The first-order valence-corrected chi connectivity index (χ1v) is 7.69. The van der Waals surface area contributed by atoms with E-state index in [0.717, 1.165) is 24.1 Å². The molecule has 120 valence electrons. The van der Waals surface area contributed by atoms with Crippen molar-refractivity contribution in [3.05, 3.63) is 26.4 Å². The highest BCUT2D eigenvalue weighted by Gasteiger charge is 2.22. The van der Waals surface area contributed by atoms with E-state index in [1.165, 1.54) is 24.5 Å². The van der Waals surface area contributed by atoms with Gasteiger partial charge in [0.25, 0.3) is 5.56 Å². The fourth-order valence-corrected chi connectivity index (χ4v) is 3.00. The standard InChI is InChI=1S/C15H23N5O2/c1-4-11(20-7-5-6-8-20)10-17-13-12(9-16)14(21)19(3)15(22)18(13)2/h11,17H,4-8,10H2,1-3H3/t11-/m1/s1. The molecule has 0 radical (unpaired) electrons. The van der Waals surface area contributed by atoms with Gasteiger partial charge in [-0.1, -0.05) is 6.92 Å². The summed E-state index contributed by atoms with van der Waals surface area (Å²) in [5, 5.41) is 12.4. The molecule has 7 heteroatoms. The van der Waals surface area contributed by atoms with Crippen LogP contribution in [0.3, 0.4) is 0 Å². The molecule has 0 aromatic carbocycles. The van der Waals surface area contributed by atoms with E-state index in [9.17, 15) is 14.9 Å². The van der Waals surface area contributed by atoms with E-state index in [0.29, 0.717) is 18.4 Å². The number of nitrogens with one attached hydrogen (secondary N) is 1. The second kappa shape index (κ2) is 6.79. The van der Waals surface area contributed by atoms with Crippen molar-refractivity contribution in [3.8, 4) is 6.07 Å². The summed E-state index contributed by atoms with van der Waals surface area (Å²) in [6.07, 6.45) is 3.41. The predicted octanol–water partition coefficient (Wildman–Crippen LogP) is 0.242. The number of rotatable bonds is 5. The molecule has 22 heavy (non-hydrogen) atoms. The van der Waals surface area contributed by atoms with Crippen LogP contribution in [0, 0.1) is 11.3 Å². The number of anilines is 1. The number of hydrogen-bond donors (Lipinski definition) is 1. The zero-order chi connectivity index (χ0) is 16.3. The van der Waals surface area contributed by atoms with Gasteiger partial charge in [0.15, 0.2) is 5.56 Å². The lowest BCUT2D eigenvalue weighted by atomic mass is 10.2. The molecule has 2 rings (SSSR count). The van der Waals surface area contributed by atoms with Crippen LogP contribution in [0.5, 0.6) is 0 Å². The van der Waals surface area contributed by atoms with E-state index in [2.05, 4.69) is 17.1 Å². The quantitative estimate of drug-likeness (QED) is 0.842. The van der Waals surface area contributed by atoms with Gasteiger partial charge in [0, 0.05) is 26.7 Å². The summed E-state index contributed by atoms with van der Waals surface area (Å²) in [5.41, 5.74) is -0.996. The lowest BCUT2D eigenvalue weighted by Gasteiger charge is -2.27. The summed E-state index contributed by atoms with van der Waals surface area (Å²) in [5.74, 6) is 0.313. The molecule has 1 fully saturated rings. The van der Waals surface area contributed by atoms with Crippen LogP contribution in [-0.4, -0.2) is 39.7 Å². The summed E-state index contributed by atoms with van der Waals surface area (Å²) >= 11 is 0. The van der Waals surface area contributed by atoms with E-state index in [-0.39, 0.29) is 5.56 Å². The molecule has 0 aliphatic carbocycles. The van der Waals surface area contributed by atoms with E-state index in [1.54, 1.807) is 7.05 Å². The molecule has 0 amide bonds. The summed E-state index contributed by atoms with van der Waals surface area (Å²) in [4.78, 5) is 26.5. The van der Waals surface area contributed by atoms with Gasteiger partial charge >= 0.3 is 5.69 Å². The zero-order valence-corrected chi connectivity index (χ0v) is 13.4. The van der Waals surface area contributed by atoms with Crippen LogP contribution in [0.1, 0.15) is 31.7 Å². The van der Waals surface area contributed by atoms with Crippen LogP contribution in [-0.2, 0) is 14.1 Å². The van der Waals surface area contributed by atoms with Gasteiger partial charge in [-0.25, -0.2) is 4.79 Å². The SMILES string of the molecule is CC[C@H](CNc1c(C#N)c(=O)n(C)c(=O)n1C)N1CCCC1. The molecule has 2 heterocycles. The summed E-state index contributed by atoms with van der Waals surface area (Å²) < 4.78 is 2.29. The van der Waals surface area contributed by atoms with E-state index < -0.39 is 11.2 Å². The minimum absolute atomic E-state index is 0.0131. The largest absolute Gasteiger partial charge is 0.369 e. The molecule has 0 saturated carbocycles. The molecule has 1 aliphatic heterocycles. The third kappa shape index (κ3) is 2.92. The van der Waals surface area contributed by atoms with Crippen molar-refractivity contribution in [3.63, 3.8) is 0 Å². The van der Waals surface area contributed by atoms with Gasteiger partial charge in [0.2, 0.25) is 0 Å². The molecule has 0 spiro atoms. The van der Waals surface area contributed by atoms with Crippen LogP contribution < -0.4 is 16.6 Å². The molecular formula is C15H23N5O2. The second-order valence-corrected chi connectivity index (χ2v) is 5.73. The molecule has 1 saturated heterocycles. The zero-order valence-electron chi connectivity index (χ0n) is 13.4. The van der Waals surface area contributed by atoms with Crippen molar-refractivity contribution in [1.82, 2.24) is 14.0 Å². The summed E-state index contributed by atoms with van der Waals surface area (Å²) in [6, 6.07) is 2.26. The van der Waals surface area contributed by atoms with Crippen molar-refractivity contribution in [1.29, 1.82) is 5.26 Å². The van der Waals surface area contributed by atoms with Crippen LogP contribution in [0.4, 0.5) is 5.82 Å². The van der Waals surface area contributed by atoms with Gasteiger partial charge in [-0.05, 0) is 32.4 Å². The lowest BCUT2D eigenvalue weighted by molar-refractivity contribution is 0.246. The highest BCUT2D eigenvalue weighted by atomic mass is 16.2. The minimum Gasteiger partial charge on any atom is -0.369 e. The maximum atomic E-state index is 12.0. The number of aromatic nitrogens is 2. The van der Waals surface area contributed by atoms with Crippen molar-refractivity contribution in [2.75, 3.05) is 25.0 Å². The summed E-state index contributed by atoms with van der Waals surface area (Å²) in [6.45, 7) is 4.91. The Kier molecular flexibility index (Phi) is 5.03. The predicted molar refractivity (Wildman–Crippen MR) is 85.0 cm³/mol. The smallest absolute Gasteiger partial charge is 0.332 e. The Morgan fingerprint density at radius 3 is 2.41 bits per heavy atom. The Labute approximate surface area is 129 Å². The van der Waals surface area contributed by atoms with Crippen LogP contribution in [0.2, 0.25) is 0 Å². The Hall–Kier alpha value is -2.07. The van der Waals surface area contributed by atoms with Crippen molar-refractivity contribution in [2.45, 2.75) is 32.2 Å². The third-order valence-electron chi connectivity index (χ3n) is 4.41. The van der Waals surface area contributed by atoms with Gasteiger partial charge in [-0.3, -0.25) is 18.8 Å². The molecule has 0 bridgehead atoms. The molecule has 1 aromatic heterocycles. The molecule has 1 N–H and O–H groups in total. The topological polar surface area (TPSA) is 83.1 Å². The average molecular weight is 305 g/mol. The van der Waals surface area contributed by atoms with Gasteiger partial charge in [0.1, 0.15) is 11.9 Å². The average Bonchev–Trinajstić information content (AvgIpc) is 3.05. The second-order valence-electron chi connectivity index (χ2n) is 5.73. The minimum atomic E-state index is -0.553. The highest BCUT2D eigenvalue weighted by Crippen LogP contribution is 2.15. The van der Waals surface area contributed by atoms with Crippen LogP contribution in [0.25, 0.3) is 0 Å². The van der Waals surface area contributed by atoms with Crippen LogP contribution in [0.15, 0.2) is 9.59 Å². The normalized spacial score (nSPS) is 16.5. The molecular weight excluding hydrogens is 282 g/mol. The molecule has 1 atom stereocenters. The highest BCUT2D eigenvalue weighted by molar-refractivity contribution is 5.51. The number of likely N-dealkylation sites (tertiary alicyclic amines) is 1. The van der Waals surface area contributed by atoms with Crippen molar-refractivity contribution in [2.24, 2.45) is 14.1 Å². The monoisotopic (exact) mass is 305 g/mol. The van der Waals surface area contributed by atoms with Crippen molar-refractivity contribution < 1.29 is 0 Å². The maximum Gasteiger partial charge on any atom is 0.332 e. The molecule has 7 nitrogen and oxygen atoms in total. The molecule has 1 aliphatic rings. The Bertz CT molecular complexity index is 692. The first-order valence-electron chi connectivity index (χ1n) is 7.69. The van der Waals surface area contributed by atoms with E-state index in [1.807, 2.05) is 6.07 Å². The third-order valence-corrected chi connectivity index (χ3v) is 4.41. The number of nitrogens with zero attached hydrogens (tertiary/aromatic N) is 4. The van der Waals surface area contributed by atoms with E-state index in [4.69, 9.17) is 0 Å². The Morgan fingerprint density at radius 1 is 1.23 bits per heavy atom. The first-order chi connectivity index (χ1) is 10.5. The van der Waals surface area contributed by atoms with Crippen molar-refractivity contribution >= 4 is 5.82 Å². The fourth-order valence-electron chi connectivity index (χ4n) is 3.00. The fraction of sp³-hybridized carbons (Fsp3) is 0.667. The van der Waals surface area contributed by atoms with Gasteiger partial charge in [-0.2, -0.15) is 5.26 Å². The maximum absolute atomic E-state index is 12.0. The lowest BCUT2D eigenvalue weighted by Crippen LogP contribution is -2.42. The van der Waals surface area contributed by atoms with E-state index >= 15 is 0 Å². The van der Waals surface area contributed by atoms with Gasteiger partial charge < -0.3 is 5.32 Å². The first kappa shape index (κ1) is 16.3. The Balaban J connectivity index is 2.28. The molecule has 1 aromatic rings. The summed E-state index contributed by atoms with van der Waals surface area (Å²) in [7, 11) is 2.95. The van der Waals surface area contributed by atoms with Gasteiger partial charge in [0.05, 0.1) is 0 Å². The van der Waals surface area contributed by atoms with Gasteiger partial charge in [-0.15, -0.1) is 0 Å².